The number of rotatable bonds is 7. The van der Waals surface area contributed by atoms with Gasteiger partial charge in [0, 0.05) is 26.2 Å². The molecule has 0 saturated carbocycles. The molecular formula is C22H28FN3O2. The van der Waals surface area contributed by atoms with Gasteiger partial charge in [0.15, 0.2) is 0 Å². The number of hydrogen-bond acceptors (Lipinski definition) is 3. The maximum Gasteiger partial charge on any atom is 0.315 e. The number of aryl methyl sites for hydroxylation is 1. The zero-order chi connectivity index (χ0) is 19.8. The molecule has 0 radical (unpaired) electrons. The molecule has 2 amide bonds. The summed E-state index contributed by atoms with van der Waals surface area (Å²) in [5.41, 5.74) is 2.86. The van der Waals surface area contributed by atoms with Crippen molar-refractivity contribution >= 4 is 6.03 Å². The van der Waals surface area contributed by atoms with Crippen LogP contribution in [0.25, 0.3) is 0 Å². The van der Waals surface area contributed by atoms with Crippen molar-refractivity contribution in [2.24, 2.45) is 0 Å². The smallest absolute Gasteiger partial charge is 0.315 e. The summed E-state index contributed by atoms with van der Waals surface area (Å²) in [5, 5.41) is 5.92. The minimum absolute atomic E-state index is 0.118. The Morgan fingerprint density at radius 1 is 1.14 bits per heavy atom. The van der Waals surface area contributed by atoms with E-state index in [1.54, 1.807) is 18.2 Å². The Labute approximate surface area is 165 Å². The molecule has 1 heterocycles. The van der Waals surface area contributed by atoms with Crippen molar-refractivity contribution < 1.29 is 13.9 Å². The van der Waals surface area contributed by atoms with Gasteiger partial charge in [-0.15, -0.1) is 0 Å². The van der Waals surface area contributed by atoms with Crippen molar-refractivity contribution in [1.82, 2.24) is 15.5 Å². The maximum atomic E-state index is 13.7. The predicted octanol–water partition coefficient (Wildman–Crippen LogP) is 3.05. The molecule has 0 unspecified atom stereocenters. The first-order valence-corrected chi connectivity index (χ1v) is 9.76. The Kier molecular flexibility index (Phi) is 7.39. The summed E-state index contributed by atoms with van der Waals surface area (Å²) in [5.74, 6) is -0.241. The molecule has 1 fully saturated rings. The maximum absolute atomic E-state index is 13.7. The summed E-state index contributed by atoms with van der Waals surface area (Å²) in [6, 6.07) is 14.5. The van der Waals surface area contributed by atoms with E-state index in [1.165, 1.54) is 11.6 Å². The molecule has 5 nitrogen and oxygen atoms in total. The Morgan fingerprint density at radius 2 is 1.86 bits per heavy atom. The number of morpholine rings is 1. The van der Waals surface area contributed by atoms with Crippen LogP contribution in [0.15, 0.2) is 48.5 Å². The molecule has 1 aliphatic rings. The SMILES string of the molecule is Cc1ccc([C@@H](CN2CCOCC2)NC(=O)NCCc2ccccc2F)cc1. The molecule has 0 bridgehead atoms. The van der Waals surface area contributed by atoms with Crippen molar-refractivity contribution in [3.63, 3.8) is 0 Å². The highest BCUT2D eigenvalue weighted by Gasteiger charge is 2.20. The van der Waals surface area contributed by atoms with Gasteiger partial charge in [-0.25, -0.2) is 9.18 Å². The molecule has 6 heteroatoms. The van der Waals surface area contributed by atoms with Gasteiger partial charge in [0.1, 0.15) is 5.82 Å². The minimum Gasteiger partial charge on any atom is -0.379 e. The molecule has 3 rings (SSSR count). The minimum atomic E-state index is -0.241. The van der Waals surface area contributed by atoms with Gasteiger partial charge in [-0.2, -0.15) is 0 Å². The van der Waals surface area contributed by atoms with Crippen LogP contribution in [0, 0.1) is 12.7 Å². The number of carbonyl (C=O) groups is 1. The fourth-order valence-electron chi connectivity index (χ4n) is 3.30. The zero-order valence-electron chi connectivity index (χ0n) is 16.3. The lowest BCUT2D eigenvalue weighted by Gasteiger charge is -2.31. The van der Waals surface area contributed by atoms with E-state index in [-0.39, 0.29) is 17.9 Å². The summed E-state index contributed by atoms with van der Waals surface area (Å²) in [4.78, 5) is 14.8. The van der Waals surface area contributed by atoms with Crippen molar-refractivity contribution in [3.05, 3.63) is 71.0 Å². The Balaban J connectivity index is 1.57. The van der Waals surface area contributed by atoms with Crippen LogP contribution >= 0.6 is 0 Å². The number of urea groups is 1. The van der Waals surface area contributed by atoms with E-state index < -0.39 is 0 Å². The van der Waals surface area contributed by atoms with Crippen LogP contribution in [0.1, 0.15) is 22.7 Å². The van der Waals surface area contributed by atoms with Gasteiger partial charge < -0.3 is 15.4 Å². The Hall–Kier alpha value is -2.44. The molecule has 28 heavy (non-hydrogen) atoms. The van der Waals surface area contributed by atoms with Crippen LogP contribution in [0.3, 0.4) is 0 Å². The Bertz CT molecular complexity index is 761. The van der Waals surface area contributed by atoms with Gasteiger partial charge in [0.2, 0.25) is 0 Å². The summed E-state index contributed by atoms with van der Waals surface area (Å²) in [6.07, 6.45) is 0.457. The second kappa shape index (κ2) is 10.2. The molecule has 1 saturated heterocycles. The van der Waals surface area contributed by atoms with Crippen LogP contribution in [0.2, 0.25) is 0 Å². The van der Waals surface area contributed by atoms with Gasteiger partial charge >= 0.3 is 6.03 Å². The highest BCUT2D eigenvalue weighted by atomic mass is 19.1. The zero-order valence-corrected chi connectivity index (χ0v) is 16.3. The molecule has 2 aromatic rings. The number of nitrogens with one attached hydrogen (secondary N) is 2. The van der Waals surface area contributed by atoms with Gasteiger partial charge in [0.25, 0.3) is 0 Å². The first-order chi connectivity index (χ1) is 13.6. The third-order valence-electron chi connectivity index (χ3n) is 4.97. The first kappa shape index (κ1) is 20.3. The molecular weight excluding hydrogens is 357 g/mol. The summed E-state index contributed by atoms with van der Waals surface area (Å²) >= 11 is 0. The molecule has 150 valence electrons. The van der Waals surface area contributed by atoms with Crippen LogP contribution < -0.4 is 10.6 Å². The van der Waals surface area contributed by atoms with E-state index >= 15 is 0 Å². The second-order valence-electron chi connectivity index (χ2n) is 7.12. The lowest BCUT2D eigenvalue weighted by molar-refractivity contribution is 0.0340. The van der Waals surface area contributed by atoms with Crippen LogP contribution in [0.4, 0.5) is 9.18 Å². The van der Waals surface area contributed by atoms with Crippen molar-refractivity contribution in [2.45, 2.75) is 19.4 Å². The number of amides is 2. The van der Waals surface area contributed by atoms with E-state index in [0.29, 0.717) is 18.5 Å². The summed E-state index contributed by atoms with van der Waals surface area (Å²) in [7, 11) is 0. The van der Waals surface area contributed by atoms with Gasteiger partial charge in [-0.1, -0.05) is 48.0 Å². The molecule has 1 aliphatic heterocycles. The summed E-state index contributed by atoms with van der Waals surface area (Å²) < 4.78 is 19.1. The predicted molar refractivity (Wildman–Crippen MR) is 108 cm³/mol. The third-order valence-corrected chi connectivity index (χ3v) is 4.97. The van der Waals surface area contributed by atoms with Crippen molar-refractivity contribution in [1.29, 1.82) is 0 Å². The fourth-order valence-corrected chi connectivity index (χ4v) is 3.30. The second-order valence-corrected chi connectivity index (χ2v) is 7.12. The largest absolute Gasteiger partial charge is 0.379 e. The first-order valence-electron chi connectivity index (χ1n) is 9.76. The fraction of sp³-hybridized carbons (Fsp3) is 0.409. The van der Waals surface area contributed by atoms with E-state index in [4.69, 9.17) is 4.74 Å². The van der Waals surface area contributed by atoms with Crippen molar-refractivity contribution in [2.75, 3.05) is 39.4 Å². The van der Waals surface area contributed by atoms with Gasteiger partial charge in [-0.3, -0.25) is 4.90 Å². The van der Waals surface area contributed by atoms with E-state index in [2.05, 4.69) is 39.8 Å². The number of benzene rings is 2. The number of nitrogens with zero attached hydrogens (tertiary/aromatic N) is 1. The monoisotopic (exact) mass is 385 g/mol. The number of ether oxygens (including phenoxy) is 1. The lowest BCUT2D eigenvalue weighted by atomic mass is 10.0. The van der Waals surface area contributed by atoms with Crippen LogP contribution in [-0.4, -0.2) is 50.3 Å². The van der Waals surface area contributed by atoms with E-state index in [1.807, 2.05) is 6.92 Å². The lowest BCUT2D eigenvalue weighted by Crippen LogP contribution is -2.45. The van der Waals surface area contributed by atoms with Crippen LogP contribution in [0.5, 0.6) is 0 Å². The van der Waals surface area contributed by atoms with E-state index in [0.717, 1.165) is 38.4 Å². The average Bonchev–Trinajstić information content (AvgIpc) is 2.70. The molecule has 0 aliphatic carbocycles. The third kappa shape index (κ3) is 6.04. The quantitative estimate of drug-likeness (QED) is 0.770. The molecule has 0 spiro atoms. The normalized spacial score (nSPS) is 15.8. The highest BCUT2D eigenvalue weighted by Crippen LogP contribution is 2.16. The number of hydrogen-bond donors (Lipinski definition) is 2. The average molecular weight is 385 g/mol. The molecule has 2 N–H and O–H groups in total. The highest BCUT2D eigenvalue weighted by molar-refractivity contribution is 5.74. The number of carbonyl (C=O) groups excluding carboxylic acids is 1. The molecule has 2 aromatic carbocycles. The number of halogens is 1. The van der Waals surface area contributed by atoms with Gasteiger partial charge in [-0.05, 0) is 30.5 Å². The van der Waals surface area contributed by atoms with E-state index in [9.17, 15) is 9.18 Å². The Morgan fingerprint density at radius 3 is 2.57 bits per heavy atom. The molecule has 0 aromatic heterocycles. The summed E-state index contributed by atoms with van der Waals surface area (Å²) in [6.45, 7) is 6.31. The van der Waals surface area contributed by atoms with Crippen molar-refractivity contribution in [3.8, 4) is 0 Å². The van der Waals surface area contributed by atoms with Crippen LogP contribution in [-0.2, 0) is 11.2 Å². The standard InChI is InChI=1S/C22H28FN3O2/c1-17-6-8-19(9-7-17)21(16-26-12-14-28-15-13-26)25-22(27)24-11-10-18-4-2-3-5-20(18)23/h2-9,21H,10-16H2,1H3,(H2,24,25,27)/t21-/m1/s1. The van der Waals surface area contributed by atoms with Gasteiger partial charge in [0.05, 0.1) is 19.3 Å². The molecule has 1 atom stereocenters. The topological polar surface area (TPSA) is 53.6 Å².